The maximum absolute atomic E-state index is 14.1. The number of nitrogens with zero attached hydrogens (tertiary/aromatic N) is 4. The molecule has 0 saturated carbocycles. The number of carbonyl (C=O) groups is 2. The molecule has 1 aliphatic heterocycles. The van der Waals surface area contributed by atoms with Crippen LogP contribution in [0.15, 0.2) is 60.8 Å². The second-order valence-electron chi connectivity index (χ2n) is 10.0. The average molecular weight is 616 g/mol. The lowest BCUT2D eigenvalue weighted by Gasteiger charge is -2.25. The van der Waals surface area contributed by atoms with Gasteiger partial charge in [-0.1, -0.05) is 6.07 Å². The average Bonchev–Trinajstić information content (AvgIpc) is 3.53. The summed E-state index contributed by atoms with van der Waals surface area (Å²) < 4.78 is 85.1. The highest BCUT2D eigenvalue weighted by Crippen LogP contribution is 2.44. The van der Waals surface area contributed by atoms with Gasteiger partial charge in [0.25, 0.3) is 5.91 Å². The smallest absolute Gasteiger partial charge is 0.478 e. The molecule has 15 heteroatoms. The zero-order valence-corrected chi connectivity index (χ0v) is 22.6. The summed E-state index contributed by atoms with van der Waals surface area (Å²) in [6.45, 7) is 0. The van der Waals surface area contributed by atoms with Crippen LogP contribution in [0.4, 0.5) is 27.6 Å². The third-order valence-electron chi connectivity index (χ3n) is 7.15. The molecule has 44 heavy (non-hydrogen) atoms. The molecule has 1 atom stereocenters. The number of rotatable bonds is 6. The van der Waals surface area contributed by atoms with Crippen LogP contribution >= 0.6 is 0 Å². The van der Waals surface area contributed by atoms with Crippen LogP contribution in [0.25, 0.3) is 5.69 Å². The van der Waals surface area contributed by atoms with Crippen molar-refractivity contribution in [1.82, 2.24) is 14.8 Å². The number of hydrogen-bond donors (Lipinski definition) is 1. The molecule has 6 rings (SSSR count). The van der Waals surface area contributed by atoms with Gasteiger partial charge in [-0.2, -0.15) is 18.3 Å². The van der Waals surface area contributed by atoms with E-state index in [2.05, 4.69) is 19.6 Å². The summed E-state index contributed by atoms with van der Waals surface area (Å²) in [6.07, 6.45) is -7.67. The number of carboxylic acids is 1. The van der Waals surface area contributed by atoms with Crippen molar-refractivity contribution in [2.45, 2.75) is 37.8 Å². The highest BCUT2D eigenvalue weighted by atomic mass is 19.4. The van der Waals surface area contributed by atoms with E-state index in [9.17, 15) is 36.6 Å². The monoisotopic (exact) mass is 616 g/mol. The number of halogens is 5. The summed E-state index contributed by atoms with van der Waals surface area (Å²) in [4.78, 5) is 30.0. The topological polar surface area (TPSA) is 116 Å². The molecule has 0 bridgehead atoms. The van der Waals surface area contributed by atoms with Gasteiger partial charge in [0.1, 0.15) is 6.10 Å². The molecule has 1 N–H and O–H groups in total. The van der Waals surface area contributed by atoms with Crippen LogP contribution < -0.4 is 19.1 Å². The second kappa shape index (κ2) is 10.5. The molecule has 0 fully saturated rings. The number of hydrogen-bond acceptors (Lipinski definition) is 7. The van der Waals surface area contributed by atoms with Gasteiger partial charge in [-0.05, 0) is 55.7 Å². The molecule has 10 nitrogen and oxygen atoms in total. The summed E-state index contributed by atoms with van der Waals surface area (Å²) in [5.74, 6) is -2.38. The van der Waals surface area contributed by atoms with E-state index in [1.165, 1.54) is 67.8 Å². The van der Waals surface area contributed by atoms with Gasteiger partial charge >= 0.3 is 18.4 Å². The Balaban J connectivity index is 1.36. The predicted molar refractivity (Wildman–Crippen MR) is 141 cm³/mol. The number of aromatic carboxylic acids is 1. The van der Waals surface area contributed by atoms with Crippen LogP contribution in [0.3, 0.4) is 0 Å². The molecule has 1 amide bonds. The number of carbonyl (C=O) groups excluding carboxylic acids is 1. The van der Waals surface area contributed by atoms with E-state index in [0.717, 1.165) is 9.58 Å². The summed E-state index contributed by atoms with van der Waals surface area (Å²) in [6, 6.07) is 12.0. The minimum Gasteiger partial charge on any atom is -0.478 e. The van der Waals surface area contributed by atoms with Crippen molar-refractivity contribution < 1.29 is 50.9 Å². The van der Waals surface area contributed by atoms with Gasteiger partial charge in [0, 0.05) is 42.2 Å². The highest BCUT2D eigenvalue weighted by Gasteiger charge is 2.44. The third-order valence-corrected chi connectivity index (χ3v) is 7.15. The Morgan fingerprint density at radius 1 is 1.07 bits per heavy atom. The summed E-state index contributed by atoms with van der Waals surface area (Å²) in [7, 11) is 1.39. The van der Waals surface area contributed by atoms with E-state index in [0.29, 0.717) is 12.8 Å². The van der Waals surface area contributed by atoms with Crippen LogP contribution in [-0.4, -0.2) is 45.1 Å². The Kier molecular flexibility index (Phi) is 6.89. The lowest BCUT2D eigenvalue weighted by atomic mass is 9.93. The van der Waals surface area contributed by atoms with Gasteiger partial charge < -0.3 is 24.2 Å². The molecule has 4 aromatic rings. The van der Waals surface area contributed by atoms with Gasteiger partial charge in [-0.25, -0.2) is 14.5 Å². The Hall–Kier alpha value is -5.21. The largest absolute Gasteiger partial charge is 0.586 e. The number of amides is 1. The maximum Gasteiger partial charge on any atom is 0.586 e. The van der Waals surface area contributed by atoms with Crippen molar-refractivity contribution in [2.24, 2.45) is 0 Å². The van der Waals surface area contributed by atoms with Crippen molar-refractivity contribution in [3.8, 4) is 23.1 Å². The first-order valence-electron chi connectivity index (χ1n) is 13.1. The lowest BCUT2D eigenvalue weighted by Crippen LogP contribution is -2.26. The first-order valence-corrected chi connectivity index (χ1v) is 13.1. The highest BCUT2D eigenvalue weighted by molar-refractivity contribution is 6.06. The predicted octanol–water partition coefficient (Wildman–Crippen LogP) is 6.04. The van der Waals surface area contributed by atoms with Gasteiger partial charge in [-0.15, -0.1) is 8.78 Å². The van der Waals surface area contributed by atoms with E-state index in [1.54, 1.807) is 0 Å². The standard InChI is InChI=1S/C29H21F5N4O6/c1-37(17-8-9-20-22(14-17)44-29(33,34)43-20)26(39)15-4-2-5-18(12-15)38-24-19(25(36-38)28(30,31)32)6-3-7-21(24)42-23-13-16(27(40)41)10-11-35-23/h2,4-5,8-14,21H,3,6-7H2,1H3,(H,40,41)/t21-/m1/s1. The van der Waals surface area contributed by atoms with Crippen molar-refractivity contribution in [2.75, 3.05) is 11.9 Å². The van der Waals surface area contributed by atoms with Gasteiger partial charge in [0.15, 0.2) is 17.2 Å². The Bertz CT molecular complexity index is 1790. The van der Waals surface area contributed by atoms with Crippen LogP contribution in [0, 0.1) is 0 Å². The molecule has 2 aliphatic rings. The van der Waals surface area contributed by atoms with Crippen molar-refractivity contribution in [1.29, 1.82) is 0 Å². The zero-order chi connectivity index (χ0) is 31.4. The van der Waals surface area contributed by atoms with E-state index < -0.39 is 36.1 Å². The molecule has 0 unspecified atom stereocenters. The minimum atomic E-state index is -4.79. The van der Waals surface area contributed by atoms with Crippen molar-refractivity contribution in [3.63, 3.8) is 0 Å². The third kappa shape index (κ3) is 5.36. The van der Waals surface area contributed by atoms with E-state index in [4.69, 9.17) is 4.74 Å². The summed E-state index contributed by atoms with van der Waals surface area (Å²) >= 11 is 0. The van der Waals surface area contributed by atoms with Crippen LogP contribution in [-0.2, 0) is 12.6 Å². The molecular formula is C29H21F5N4O6. The fourth-order valence-electron chi connectivity index (χ4n) is 5.16. The SMILES string of the molecule is CN(C(=O)c1cccc(-n2nc(C(F)(F)F)c3c2[C@H](Oc2cc(C(=O)O)ccn2)CCC3)c1)c1ccc2c(c1)OC(F)(F)O2. The number of ether oxygens (including phenoxy) is 3. The van der Waals surface area contributed by atoms with Gasteiger partial charge in [-0.3, -0.25) is 4.79 Å². The molecule has 2 aromatic carbocycles. The number of alkyl halides is 5. The van der Waals surface area contributed by atoms with E-state index in [-0.39, 0.29) is 57.6 Å². The number of aromatic nitrogens is 3. The van der Waals surface area contributed by atoms with Gasteiger partial charge in [0.2, 0.25) is 5.88 Å². The number of anilines is 1. The fourth-order valence-corrected chi connectivity index (χ4v) is 5.16. The lowest BCUT2D eigenvalue weighted by molar-refractivity contribution is -0.286. The first-order chi connectivity index (χ1) is 20.8. The Morgan fingerprint density at radius 3 is 2.59 bits per heavy atom. The maximum atomic E-state index is 14.1. The van der Waals surface area contributed by atoms with Gasteiger partial charge in [0.05, 0.1) is 16.9 Å². The number of fused-ring (bicyclic) bond motifs is 2. The second-order valence-corrected chi connectivity index (χ2v) is 10.0. The molecule has 2 aromatic heterocycles. The van der Waals surface area contributed by atoms with Crippen LogP contribution in [0.2, 0.25) is 0 Å². The number of pyridine rings is 1. The zero-order valence-electron chi connectivity index (χ0n) is 22.6. The molecule has 0 radical (unpaired) electrons. The molecule has 0 saturated heterocycles. The van der Waals surface area contributed by atoms with Crippen molar-refractivity contribution in [3.05, 3.63) is 88.9 Å². The summed E-state index contributed by atoms with van der Waals surface area (Å²) in [5.41, 5.74) is -0.796. The molecule has 3 heterocycles. The van der Waals surface area contributed by atoms with E-state index in [1.807, 2.05) is 0 Å². The van der Waals surface area contributed by atoms with Crippen molar-refractivity contribution >= 4 is 17.6 Å². The summed E-state index contributed by atoms with van der Waals surface area (Å²) in [5, 5.41) is 13.2. The van der Waals surface area contributed by atoms with Crippen LogP contribution in [0.1, 0.15) is 56.6 Å². The fraction of sp³-hybridized carbons (Fsp3) is 0.241. The molecular weight excluding hydrogens is 595 g/mol. The van der Waals surface area contributed by atoms with E-state index >= 15 is 0 Å². The molecule has 228 valence electrons. The Labute approximate surface area is 245 Å². The molecule has 1 aliphatic carbocycles. The number of carboxylic acid groups (broad SMARTS) is 1. The number of benzene rings is 2. The first kappa shape index (κ1) is 28.9. The molecule has 0 spiro atoms. The minimum absolute atomic E-state index is 0.0647. The van der Waals surface area contributed by atoms with Crippen LogP contribution in [0.5, 0.6) is 17.4 Å². The normalized spacial score (nSPS) is 16.7. The quantitative estimate of drug-likeness (QED) is 0.261. The Morgan fingerprint density at radius 2 is 1.84 bits per heavy atom.